The molecule has 8 heteroatoms. The first-order valence-electron chi connectivity index (χ1n) is 9.85. The van der Waals surface area contributed by atoms with Crippen molar-refractivity contribution in [3.05, 3.63) is 59.7 Å². The van der Waals surface area contributed by atoms with Gasteiger partial charge < -0.3 is 9.64 Å². The molecular weight excluding hydrogens is 402 g/mol. The average Bonchev–Trinajstić information content (AvgIpc) is 3.28. The van der Waals surface area contributed by atoms with Crippen LogP contribution in [0.3, 0.4) is 0 Å². The van der Waals surface area contributed by atoms with E-state index in [1.54, 1.807) is 29.2 Å². The Morgan fingerprint density at radius 1 is 1.00 bits per heavy atom. The minimum absolute atomic E-state index is 0.00563. The first kappa shape index (κ1) is 18.7. The monoisotopic (exact) mass is 421 g/mol. The number of fused-ring (bicyclic) bond motifs is 2. The number of hydrogen-bond acceptors (Lipinski definition) is 6. The zero-order chi connectivity index (χ0) is 20.7. The van der Waals surface area contributed by atoms with E-state index in [9.17, 15) is 14.4 Å². The van der Waals surface area contributed by atoms with Crippen molar-refractivity contribution in [3.8, 4) is 5.19 Å². The maximum atomic E-state index is 12.7. The first-order chi connectivity index (χ1) is 14.6. The number of amides is 3. The fraction of sp³-hybridized carbons (Fsp3) is 0.273. The summed E-state index contributed by atoms with van der Waals surface area (Å²) < 4.78 is 7.11. The van der Waals surface area contributed by atoms with E-state index in [1.165, 1.54) is 11.3 Å². The highest BCUT2D eigenvalue weighted by Gasteiger charge is 2.37. The molecule has 0 aliphatic carbocycles. The predicted octanol–water partition coefficient (Wildman–Crippen LogP) is 2.96. The van der Waals surface area contributed by atoms with Crippen molar-refractivity contribution < 1.29 is 19.1 Å². The van der Waals surface area contributed by atoms with Gasteiger partial charge in [0, 0.05) is 25.9 Å². The van der Waals surface area contributed by atoms with Crippen molar-refractivity contribution in [2.24, 2.45) is 0 Å². The van der Waals surface area contributed by atoms with Crippen LogP contribution in [0.25, 0.3) is 10.2 Å². The van der Waals surface area contributed by atoms with Crippen LogP contribution in [0.5, 0.6) is 5.19 Å². The maximum Gasteiger partial charge on any atom is 0.274 e. The number of thiazole rings is 1. The zero-order valence-electron chi connectivity index (χ0n) is 16.1. The fourth-order valence-electron chi connectivity index (χ4n) is 3.89. The molecule has 3 amide bonds. The number of hydrogen-bond donors (Lipinski definition) is 0. The number of carbonyl (C=O) groups is 3. The Morgan fingerprint density at radius 2 is 1.63 bits per heavy atom. The van der Waals surface area contributed by atoms with Gasteiger partial charge in [-0.05, 0) is 24.3 Å². The summed E-state index contributed by atoms with van der Waals surface area (Å²) in [5, 5.41) is 0.645. The molecule has 2 aromatic carbocycles. The third-order valence-corrected chi connectivity index (χ3v) is 6.44. The van der Waals surface area contributed by atoms with Crippen LogP contribution in [0.1, 0.15) is 33.6 Å². The second-order valence-electron chi connectivity index (χ2n) is 7.39. The Bertz CT molecular complexity index is 1080. The molecule has 1 aromatic heterocycles. The van der Waals surface area contributed by atoms with E-state index in [2.05, 4.69) is 4.98 Å². The van der Waals surface area contributed by atoms with Gasteiger partial charge >= 0.3 is 0 Å². The van der Waals surface area contributed by atoms with Gasteiger partial charge in [0.15, 0.2) is 0 Å². The Balaban J connectivity index is 1.17. The number of carbonyl (C=O) groups excluding carboxylic acids is 3. The van der Waals surface area contributed by atoms with Crippen LogP contribution in [0, 0.1) is 0 Å². The van der Waals surface area contributed by atoms with Crippen LogP contribution >= 0.6 is 11.3 Å². The Hall–Kier alpha value is -3.26. The fourth-order valence-corrected chi connectivity index (χ4v) is 4.77. The smallest absolute Gasteiger partial charge is 0.274 e. The summed E-state index contributed by atoms with van der Waals surface area (Å²) in [6, 6.07) is 14.6. The lowest BCUT2D eigenvalue weighted by molar-refractivity contribution is -0.133. The van der Waals surface area contributed by atoms with Gasteiger partial charge in [0.1, 0.15) is 12.6 Å². The summed E-state index contributed by atoms with van der Waals surface area (Å²) in [6.45, 7) is 0.824. The summed E-state index contributed by atoms with van der Waals surface area (Å²) in [5.41, 5.74) is 1.64. The lowest BCUT2D eigenvalue weighted by Crippen LogP contribution is -2.47. The summed E-state index contributed by atoms with van der Waals surface area (Å²) in [5.74, 6) is -1.03. The molecule has 0 N–H and O–H groups in total. The van der Waals surface area contributed by atoms with Crippen molar-refractivity contribution in [2.75, 3.05) is 19.6 Å². The summed E-state index contributed by atoms with van der Waals surface area (Å²) >= 11 is 1.52. The van der Waals surface area contributed by atoms with Crippen molar-refractivity contribution in [1.29, 1.82) is 0 Å². The molecule has 0 saturated carbocycles. The number of piperidine rings is 1. The van der Waals surface area contributed by atoms with E-state index >= 15 is 0 Å². The molecule has 2 aliphatic rings. The second-order valence-corrected chi connectivity index (χ2v) is 8.38. The van der Waals surface area contributed by atoms with Crippen LogP contribution in [0.15, 0.2) is 48.5 Å². The average molecular weight is 421 g/mol. The van der Waals surface area contributed by atoms with Gasteiger partial charge in [-0.15, -0.1) is 0 Å². The van der Waals surface area contributed by atoms with Gasteiger partial charge in [-0.25, -0.2) is 4.98 Å². The highest BCUT2D eigenvalue weighted by atomic mass is 32.1. The molecule has 3 heterocycles. The maximum absolute atomic E-state index is 12.7. The molecule has 7 nitrogen and oxygen atoms in total. The third kappa shape index (κ3) is 3.33. The van der Waals surface area contributed by atoms with Crippen molar-refractivity contribution in [1.82, 2.24) is 14.8 Å². The summed E-state index contributed by atoms with van der Waals surface area (Å²) in [6.07, 6.45) is 1.36. The highest BCUT2D eigenvalue weighted by Crippen LogP contribution is 2.29. The minimum Gasteiger partial charge on any atom is -0.467 e. The quantitative estimate of drug-likeness (QED) is 0.605. The van der Waals surface area contributed by atoms with Gasteiger partial charge in [0.25, 0.3) is 17.0 Å². The second kappa shape index (κ2) is 7.53. The van der Waals surface area contributed by atoms with Crippen LogP contribution in [-0.4, -0.2) is 58.2 Å². The molecule has 1 saturated heterocycles. The van der Waals surface area contributed by atoms with Crippen LogP contribution in [0.4, 0.5) is 0 Å². The number of benzene rings is 2. The van der Waals surface area contributed by atoms with Crippen LogP contribution < -0.4 is 4.74 Å². The number of ether oxygens (including phenoxy) is 1. The molecule has 0 bridgehead atoms. The Morgan fingerprint density at radius 3 is 2.30 bits per heavy atom. The molecule has 1 fully saturated rings. The molecule has 3 aromatic rings. The molecule has 0 unspecified atom stereocenters. The van der Waals surface area contributed by atoms with Gasteiger partial charge in [-0.2, -0.15) is 0 Å². The summed E-state index contributed by atoms with van der Waals surface area (Å²) in [7, 11) is 0. The van der Waals surface area contributed by atoms with Gasteiger partial charge in [0.2, 0.25) is 5.91 Å². The number of para-hydroxylation sites is 1. The van der Waals surface area contributed by atoms with E-state index in [0.717, 1.165) is 15.1 Å². The van der Waals surface area contributed by atoms with Gasteiger partial charge in [-0.3, -0.25) is 19.3 Å². The predicted molar refractivity (Wildman–Crippen MR) is 112 cm³/mol. The van der Waals surface area contributed by atoms with Crippen LogP contribution in [-0.2, 0) is 4.79 Å². The van der Waals surface area contributed by atoms with Crippen LogP contribution in [0.2, 0.25) is 0 Å². The SMILES string of the molecule is O=C(CN1C(=O)c2ccccc2C1=O)N1CCC(Oc2nc3ccccc3s2)CC1. The zero-order valence-corrected chi connectivity index (χ0v) is 16.9. The number of nitrogens with zero attached hydrogens (tertiary/aromatic N) is 3. The van der Waals surface area contributed by atoms with Gasteiger partial charge in [0.05, 0.1) is 21.3 Å². The molecule has 30 heavy (non-hydrogen) atoms. The molecule has 5 rings (SSSR count). The Labute approximate surface area is 176 Å². The van der Waals surface area contributed by atoms with E-state index in [0.29, 0.717) is 42.3 Å². The third-order valence-electron chi connectivity index (χ3n) is 5.51. The van der Waals surface area contributed by atoms with E-state index in [1.807, 2.05) is 24.3 Å². The van der Waals surface area contributed by atoms with Crippen molar-refractivity contribution in [3.63, 3.8) is 0 Å². The number of imide groups is 1. The van der Waals surface area contributed by atoms with Crippen molar-refractivity contribution >= 4 is 39.3 Å². The first-order valence-corrected chi connectivity index (χ1v) is 10.7. The van der Waals surface area contributed by atoms with Crippen molar-refractivity contribution in [2.45, 2.75) is 18.9 Å². The normalized spacial score (nSPS) is 16.9. The highest BCUT2D eigenvalue weighted by molar-refractivity contribution is 7.20. The Kier molecular flexibility index (Phi) is 4.71. The van der Waals surface area contributed by atoms with E-state index < -0.39 is 11.8 Å². The number of likely N-dealkylation sites (tertiary alicyclic amines) is 1. The molecular formula is C22H19N3O4S. The number of rotatable bonds is 4. The standard InChI is InChI=1S/C22H19N3O4S/c26-19(13-25-20(27)15-5-1-2-6-16(15)21(25)28)24-11-9-14(10-12-24)29-22-23-17-7-3-4-8-18(17)30-22/h1-8,14H,9-13H2. The van der Waals surface area contributed by atoms with E-state index in [4.69, 9.17) is 4.74 Å². The molecule has 0 atom stereocenters. The molecule has 2 aliphatic heterocycles. The largest absolute Gasteiger partial charge is 0.467 e. The lowest BCUT2D eigenvalue weighted by Gasteiger charge is -2.32. The number of aromatic nitrogens is 1. The lowest BCUT2D eigenvalue weighted by atomic mass is 10.1. The topological polar surface area (TPSA) is 79.8 Å². The van der Waals surface area contributed by atoms with Gasteiger partial charge in [-0.1, -0.05) is 35.6 Å². The molecule has 152 valence electrons. The minimum atomic E-state index is -0.405. The molecule has 0 spiro atoms. The molecule has 0 radical (unpaired) electrons. The van der Waals surface area contributed by atoms with E-state index in [-0.39, 0.29) is 18.6 Å². The summed E-state index contributed by atoms with van der Waals surface area (Å²) in [4.78, 5) is 44.9.